The molecule has 0 saturated heterocycles. The number of benzene rings is 5. The summed E-state index contributed by atoms with van der Waals surface area (Å²) < 4.78 is 0. The predicted molar refractivity (Wildman–Crippen MR) is 354 cm³/mol. The number of pyridine rings is 6. The third kappa shape index (κ3) is 17.8. The third-order valence-electron chi connectivity index (χ3n) is 13.2. The molecule has 88 heavy (non-hydrogen) atoms. The Bertz CT molecular complexity index is 4200. The van der Waals surface area contributed by atoms with Crippen LogP contribution >= 0.6 is 0 Å². The SMILES string of the molecule is Cc1ccc2ncccc2c1.Cc1ccc2ncccc2n1.Cc1ccc2nccnc2c1.Cc1ccc2nccnc2n1.Cc1ccc2ncncc2c1.Cc1ccc2ncncc2n1.Cc1ccnc2ccccc12.Cc1ncnc2ccccc12. The molecule has 0 aliphatic carbocycles. The molecule has 11 aromatic heterocycles. The lowest BCUT2D eigenvalue weighted by atomic mass is 10.1. The average Bonchev–Trinajstić information content (AvgIpc) is 3.77. The number of hydrogen-bond donors (Lipinski definition) is 0. The van der Waals surface area contributed by atoms with Gasteiger partial charge in [-0.15, -0.1) is 0 Å². The van der Waals surface area contributed by atoms with Gasteiger partial charge in [-0.2, -0.15) is 0 Å². The molecule has 16 aromatic rings. The fraction of sp³-hybridized carbons (Fsp3) is 0.111. The molecule has 0 aliphatic rings. The molecule has 432 valence electrons. The molecule has 16 nitrogen and oxygen atoms in total. The highest BCUT2D eigenvalue weighted by Crippen LogP contribution is 2.17. The van der Waals surface area contributed by atoms with E-state index in [2.05, 4.69) is 137 Å². The van der Waals surface area contributed by atoms with Gasteiger partial charge in [-0.3, -0.25) is 34.9 Å². The number of para-hydroxylation sites is 2. The molecule has 0 radical (unpaired) electrons. The Morgan fingerprint density at radius 1 is 0.250 bits per heavy atom. The highest BCUT2D eigenvalue weighted by Gasteiger charge is 2.00. The molecular weight excluding hydrogens is 1090 g/mol. The molecule has 0 unspecified atom stereocenters. The molecule has 0 bridgehead atoms. The number of rotatable bonds is 0. The smallest absolute Gasteiger partial charge is 0.178 e. The first-order valence-corrected chi connectivity index (χ1v) is 28.3. The van der Waals surface area contributed by atoms with Gasteiger partial charge in [0.05, 0.1) is 55.8 Å². The zero-order valence-electron chi connectivity index (χ0n) is 50.2. The van der Waals surface area contributed by atoms with Crippen molar-refractivity contribution in [3.63, 3.8) is 0 Å². The predicted octanol–water partition coefficient (Wildman–Crippen LogP) is 15.5. The molecule has 0 amide bonds. The van der Waals surface area contributed by atoms with E-state index in [4.69, 9.17) is 0 Å². The van der Waals surface area contributed by atoms with Crippen molar-refractivity contribution in [2.45, 2.75) is 55.4 Å². The van der Waals surface area contributed by atoms with Gasteiger partial charge in [0.1, 0.15) is 30.0 Å². The number of nitrogens with zero attached hydrogens (tertiary/aromatic N) is 16. The van der Waals surface area contributed by atoms with E-state index in [0.717, 1.165) is 94.2 Å². The van der Waals surface area contributed by atoms with Gasteiger partial charge < -0.3 is 0 Å². The van der Waals surface area contributed by atoms with E-state index >= 15 is 0 Å². The topological polar surface area (TPSA) is 206 Å². The molecule has 0 N–H and O–H groups in total. The third-order valence-corrected chi connectivity index (χ3v) is 13.2. The summed E-state index contributed by atoms with van der Waals surface area (Å²) in [5.41, 5.74) is 20.4. The van der Waals surface area contributed by atoms with Crippen LogP contribution in [0, 0.1) is 55.4 Å². The first-order chi connectivity index (χ1) is 42.9. The Labute approximate surface area is 510 Å². The maximum absolute atomic E-state index is 4.31. The van der Waals surface area contributed by atoms with Crippen LogP contribution in [0.2, 0.25) is 0 Å². The van der Waals surface area contributed by atoms with Crippen LogP contribution in [0.5, 0.6) is 0 Å². The van der Waals surface area contributed by atoms with Crippen LogP contribution in [0.15, 0.2) is 245 Å². The van der Waals surface area contributed by atoms with Crippen molar-refractivity contribution in [2.24, 2.45) is 0 Å². The summed E-state index contributed by atoms with van der Waals surface area (Å²) in [7, 11) is 0. The number of hydrogen-bond acceptors (Lipinski definition) is 16. The summed E-state index contributed by atoms with van der Waals surface area (Å²) in [5.74, 6) is 0. The van der Waals surface area contributed by atoms with Crippen LogP contribution in [-0.4, -0.2) is 79.7 Å². The minimum Gasteiger partial charge on any atom is -0.256 e. The summed E-state index contributed by atoms with van der Waals surface area (Å²) >= 11 is 0. The fourth-order valence-electron chi connectivity index (χ4n) is 8.73. The Balaban J connectivity index is 0.000000120. The molecule has 0 fully saturated rings. The quantitative estimate of drug-likeness (QED) is 0.138. The second-order valence-electron chi connectivity index (χ2n) is 20.2. The summed E-state index contributed by atoms with van der Waals surface area (Å²) in [6, 6.07) is 56.2. The van der Waals surface area contributed by atoms with Crippen molar-refractivity contribution in [1.82, 2.24) is 79.7 Å². The Kier molecular flexibility index (Phi) is 21.4. The zero-order chi connectivity index (χ0) is 61.5. The van der Waals surface area contributed by atoms with E-state index in [0.29, 0.717) is 5.65 Å². The highest BCUT2D eigenvalue weighted by molar-refractivity contribution is 5.83. The van der Waals surface area contributed by atoms with E-state index in [1.165, 1.54) is 39.4 Å². The summed E-state index contributed by atoms with van der Waals surface area (Å²) in [6.45, 7) is 16.2. The normalized spacial score (nSPS) is 10.3. The number of aromatic nitrogens is 16. The Morgan fingerprint density at radius 2 is 0.716 bits per heavy atom. The number of fused-ring (bicyclic) bond motifs is 8. The van der Waals surface area contributed by atoms with E-state index in [-0.39, 0.29) is 0 Å². The van der Waals surface area contributed by atoms with Gasteiger partial charge in [0.15, 0.2) is 5.65 Å². The van der Waals surface area contributed by atoms with Crippen LogP contribution in [0.1, 0.15) is 45.0 Å². The van der Waals surface area contributed by atoms with Crippen LogP contribution in [-0.2, 0) is 0 Å². The van der Waals surface area contributed by atoms with Gasteiger partial charge in [-0.05, 0) is 176 Å². The molecule has 0 aliphatic heterocycles. The van der Waals surface area contributed by atoms with E-state index in [1.807, 2.05) is 187 Å². The molecule has 0 spiro atoms. The molecule has 11 heterocycles. The van der Waals surface area contributed by atoms with E-state index in [1.54, 1.807) is 49.8 Å². The first-order valence-electron chi connectivity index (χ1n) is 28.3. The molecular formula is C72H64N16. The van der Waals surface area contributed by atoms with Gasteiger partial charge in [0.25, 0.3) is 0 Å². The summed E-state index contributed by atoms with van der Waals surface area (Å²) in [6.07, 6.45) is 20.4. The average molecular weight is 1150 g/mol. The number of aryl methyl sites for hydroxylation is 8. The maximum atomic E-state index is 4.31. The van der Waals surface area contributed by atoms with Crippen LogP contribution in [0.3, 0.4) is 0 Å². The van der Waals surface area contributed by atoms with E-state index in [9.17, 15) is 0 Å². The van der Waals surface area contributed by atoms with E-state index < -0.39 is 0 Å². The lowest BCUT2D eigenvalue weighted by Crippen LogP contribution is -1.87. The van der Waals surface area contributed by atoms with Crippen molar-refractivity contribution in [3.8, 4) is 0 Å². The highest BCUT2D eigenvalue weighted by atomic mass is 14.9. The van der Waals surface area contributed by atoms with Gasteiger partial charge in [0.2, 0.25) is 0 Å². The lowest BCUT2D eigenvalue weighted by Gasteiger charge is -1.97. The zero-order valence-corrected chi connectivity index (χ0v) is 50.2. The van der Waals surface area contributed by atoms with Crippen molar-refractivity contribution >= 4 is 87.9 Å². The second-order valence-corrected chi connectivity index (χ2v) is 20.2. The monoisotopic (exact) mass is 1150 g/mol. The minimum absolute atomic E-state index is 0.715. The fourth-order valence-corrected chi connectivity index (χ4v) is 8.73. The van der Waals surface area contributed by atoms with Crippen molar-refractivity contribution in [2.75, 3.05) is 0 Å². The van der Waals surface area contributed by atoms with Gasteiger partial charge >= 0.3 is 0 Å². The minimum atomic E-state index is 0.715. The van der Waals surface area contributed by atoms with Gasteiger partial charge in [0, 0.05) is 93.9 Å². The largest absolute Gasteiger partial charge is 0.256 e. The summed E-state index contributed by atoms with van der Waals surface area (Å²) in [4.78, 5) is 66.1. The van der Waals surface area contributed by atoms with Gasteiger partial charge in [-0.25, -0.2) is 44.9 Å². The molecule has 0 saturated carbocycles. The van der Waals surface area contributed by atoms with Crippen LogP contribution in [0.4, 0.5) is 0 Å². The Morgan fingerprint density at radius 3 is 1.43 bits per heavy atom. The van der Waals surface area contributed by atoms with Crippen LogP contribution in [0.25, 0.3) is 87.9 Å². The van der Waals surface area contributed by atoms with Crippen LogP contribution < -0.4 is 0 Å². The second kappa shape index (κ2) is 30.9. The first kappa shape index (κ1) is 61.1. The van der Waals surface area contributed by atoms with Crippen molar-refractivity contribution in [3.05, 3.63) is 290 Å². The van der Waals surface area contributed by atoms with Gasteiger partial charge in [-0.1, -0.05) is 71.8 Å². The standard InChI is InChI=1S/2C10H9N.4C9H8N2.2C8H7N3/c1-8-4-5-10-9(7-8)3-2-6-11-10;1-8-6-7-11-10-5-3-2-4-9(8)10;1-7-2-3-9-8(4-7)5-10-6-11-9;1-7-2-3-8-9(6-7)11-5-4-10-8;1-7-4-5-8-9(11-7)3-2-6-10-8;1-7-8-4-2-3-5-9(8)11-6-10-7;1-6-2-3-7-8(11-6)4-9-5-10-7;1-6-2-3-7-8(11-6)10-5-4-9-7/h2*2-7H,1H3;4*2-6H,1H3;2*2-5H,1H3. The summed E-state index contributed by atoms with van der Waals surface area (Å²) in [5, 5.41) is 4.70. The maximum Gasteiger partial charge on any atom is 0.178 e. The molecule has 0 atom stereocenters. The molecule has 16 heteroatoms. The molecule has 5 aromatic carbocycles. The lowest BCUT2D eigenvalue weighted by molar-refractivity contribution is 1.15. The molecule has 16 rings (SSSR count). The Hall–Kier alpha value is -11.5. The van der Waals surface area contributed by atoms with Crippen molar-refractivity contribution < 1.29 is 0 Å². The van der Waals surface area contributed by atoms with Crippen molar-refractivity contribution in [1.29, 1.82) is 0 Å².